The van der Waals surface area contributed by atoms with E-state index in [0.29, 0.717) is 22.3 Å². The number of ether oxygens (including phenoxy) is 1. The number of carbonyl (C=O) groups is 1. The molecule has 2 aromatic carbocycles. The predicted molar refractivity (Wildman–Crippen MR) is 106 cm³/mol. The minimum atomic E-state index is -3.67. The van der Waals surface area contributed by atoms with Crippen LogP contribution in [-0.4, -0.2) is 46.0 Å². The molecule has 0 fully saturated rings. The molecule has 0 aromatic heterocycles. The highest BCUT2D eigenvalue weighted by Crippen LogP contribution is 2.22. The van der Waals surface area contributed by atoms with E-state index in [1.54, 1.807) is 25.2 Å². The number of amides is 1. The van der Waals surface area contributed by atoms with E-state index >= 15 is 0 Å². The maximum Gasteiger partial charge on any atom is 0.240 e. The molecule has 146 valence electrons. The van der Waals surface area contributed by atoms with Gasteiger partial charge in [-0.25, -0.2) is 13.1 Å². The van der Waals surface area contributed by atoms with Crippen molar-refractivity contribution in [3.8, 4) is 5.75 Å². The molecule has 0 bridgehead atoms. The average Bonchev–Trinajstić information content (AvgIpc) is 2.63. The fraction of sp³-hybridized carbons (Fsp3) is 0.278. The topological polar surface area (TPSA) is 75.7 Å². The monoisotopic (exact) mass is 430 g/mol. The summed E-state index contributed by atoms with van der Waals surface area (Å²) in [5.41, 5.74) is 0. The van der Waals surface area contributed by atoms with Crippen molar-refractivity contribution in [2.45, 2.75) is 11.3 Å². The van der Waals surface area contributed by atoms with Crippen LogP contribution in [0.2, 0.25) is 10.0 Å². The Labute approximate surface area is 169 Å². The molecule has 9 heteroatoms. The van der Waals surface area contributed by atoms with Crippen LogP contribution in [0.15, 0.2) is 53.4 Å². The number of benzene rings is 2. The Morgan fingerprint density at radius 2 is 1.78 bits per heavy atom. The van der Waals surface area contributed by atoms with Gasteiger partial charge in [0.15, 0.2) is 0 Å². The van der Waals surface area contributed by atoms with E-state index in [0.717, 1.165) is 0 Å². The fourth-order valence-corrected chi connectivity index (χ4v) is 3.51. The highest BCUT2D eigenvalue weighted by Gasteiger charge is 2.15. The van der Waals surface area contributed by atoms with E-state index < -0.39 is 10.0 Å². The molecule has 2 rings (SSSR count). The van der Waals surface area contributed by atoms with Gasteiger partial charge < -0.3 is 9.64 Å². The van der Waals surface area contributed by atoms with Crippen molar-refractivity contribution in [3.05, 3.63) is 58.6 Å². The van der Waals surface area contributed by atoms with E-state index in [1.807, 2.05) is 6.07 Å². The first-order valence-corrected chi connectivity index (χ1v) is 10.4. The zero-order valence-corrected chi connectivity index (χ0v) is 17.0. The maximum absolute atomic E-state index is 12.1. The SMILES string of the molecule is CN(CCOc1ccccc1Cl)C(=O)CCNS(=O)(=O)c1ccc(Cl)cc1. The molecule has 0 saturated heterocycles. The highest BCUT2D eigenvalue weighted by atomic mass is 35.5. The molecule has 27 heavy (non-hydrogen) atoms. The maximum atomic E-state index is 12.1. The van der Waals surface area contributed by atoms with Crippen LogP contribution in [0.3, 0.4) is 0 Å². The molecule has 0 heterocycles. The molecule has 0 radical (unpaired) electrons. The Morgan fingerprint density at radius 1 is 1.11 bits per heavy atom. The number of rotatable bonds is 9. The Balaban J connectivity index is 1.74. The van der Waals surface area contributed by atoms with Gasteiger partial charge in [0.25, 0.3) is 0 Å². The Bertz CT molecular complexity index is 873. The number of para-hydroxylation sites is 1. The summed E-state index contributed by atoms with van der Waals surface area (Å²) in [6.07, 6.45) is 0.0371. The van der Waals surface area contributed by atoms with Gasteiger partial charge in [-0.3, -0.25) is 4.79 Å². The second-order valence-electron chi connectivity index (χ2n) is 5.70. The van der Waals surface area contributed by atoms with Crippen LogP contribution in [-0.2, 0) is 14.8 Å². The molecule has 0 saturated carbocycles. The first kappa shape index (κ1) is 21.5. The zero-order chi connectivity index (χ0) is 19.9. The summed E-state index contributed by atoms with van der Waals surface area (Å²) in [7, 11) is -2.04. The van der Waals surface area contributed by atoms with Crippen LogP contribution in [0.5, 0.6) is 5.75 Å². The van der Waals surface area contributed by atoms with E-state index in [9.17, 15) is 13.2 Å². The van der Waals surface area contributed by atoms with Gasteiger partial charge in [-0.2, -0.15) is 0 Å². The number of likely N-dealkylation sites (N-methyl/N-ethyl adjacent to an activating group) is 1. The van der Waals surface area contributed by atoms with Crippen molar-refractivity contribution in [2.24, 2.45) is 0 Å². The molecule has 6 nitrogen and oxygen atoms in total. The number of sulfonamides is 1. The molecular weight excluding hydrogens is 411 g/mol. The van der Waals surface area contributed by atoms with Crippen molar-refractivity contribution in [1.29, 1.82) is 0 Å². The molecule has 0 aliphatic carbocycles. The minimum absolute atomic E-state index is 0.000492. The van der Waals surface area contributed by atoms with Crippen LogP contribution in [0.4, 0.5) is 0 Å². The van der Waals surface area contributed by atoms with Crippen molar-refractivity contribution < 1.29 is 17.9 Å². The average molecular weight is 431 g/mol. The first-order valence-electron chi connectivity index (χ1n) is 8.16. The normalized spacial score (nSPS) is 11.2. The van der Waals surface area contributed by atoms with Crippen molar-refractivity contribution in [1.82, 2.24) is 9.62 Å². The minimum Gasteiger partial charge on any atom is -0.490 e. The third kappa shape index (κ3) is 6.70. The molecule has 1 N–H and O–H groups in total. The molecule has 0 unspecified atom stereocenters. The van der Waals surface area contributed by atoms with Gasteiger partial charge in [0.1, 0.15) is 12.4 Å². The van der Waals surface area contributed by atoms with Gasteiger partial charge in [0.05, 0.1) is 16.5 Å². The van der Waals surface area contributed by atoms with Crippen LogP contribution in [0.1, 0.15) is 6.42 Å². The largest absolute Gasteiger partial charge is 0.490 e. The van der Waals surface area contributed by atoms with Crippen molar-refractivity contribution in [2.75, 3.05) is 26.7 Å². The van der Waals surface area contributed by atoms with Gasteiger partial charge in [0.2, 0.25) is 15.9 Å². The second-order valence-corrected chi connectivity index (χ2v) is 8.31. The molecular formula is C18H20Cl2N2O4S. The molecule has 0 spiro atoms. The van der Waals surface area contributed by atoms with E-state index in [2.05, 4.69) is 4.72 Å². The number of nitrogens with zero attached hydrogens (tertiary/aromatic N) is 1. The van der Waals surface area contributed by atoms with Gasteiger partial charge in [-0.15, -0.1) is 0 Å². The van der Waals surface area contributed by atoms with Gasteiger partial charge in [-0.05, 0) is 36.4 Å². The summed E-state index contributed by atoms with van der Waals surface area (Å²) in [6.45, 7) is 0.635. The Hall–Kier alpha value is -1.80. The van der Waals surface area contributed by atoms with E-state index in [1.165, 1.54) is 29.2 Å². The van der Waals surface area contributed by atoms with Crippen LogP contribution >= 0.6 is 23.2 Å². The molecule has 0 aliphatic heterocycles. The van der Waals surface area contributed by atoms with E-state index in [4.69, 9.17) is 27.9 Å². The molecule has 0 aliphatic rings. The van der Waals surface area contributed by atoms with Gasteiger partial charge in [0, 0.05) is 25.0 Å². The quantitative estimate of drug-likeness (QED) is 0.662. The summed E-state index contributed by atoms with van der Waals surface area (Å²) < 4.78 is 32.2. The summed E-state index contributed by atoms with van der Waals surface area (Å²) in [5.74, 6) is 0.354. The third-order valence-electron chi connectivity index (χ3n) is 3.70. The summed E-state index contributed by atoms with van der Waals surface area (Å²) in [4.78, 5) is 13.7. The third-order valence-corrected chi connectivity index (χ3v) is 5.74. The predicted octanol–water partition coefficient (Wildman–Crippen LogP) is 3.20. The number of carbonyl (C=O) groups excluding carboxylic acids is 1. The second kappa shape index (κ2) is 9.94. The molecule has 2 aromatic rings. The van der Waals surface area contributed by atoms with Gasteiger partial charge in [-0.1, -0.05) is 35.3 Å². The number of halogens is 2. The van der Waals surface area contributed by atoms with Crippen LogP contribution < -0.4 is 9.46 Å². The lowest BCUT2D eigenvalue weighted by atomic mass is 10.3. The van der Waals surface area contributed by atoms with E-state index in [-0.39, 0.29) is 30.4 Å². The highest BCUT2D eigenvalue weighted by molar-refractivity contribution is 7.89. The summed E-state index contributed by atoms with van der Waals surface area (Å²) in [6, 6.07) is 12.9. The number of hydrogen-bond donors (Lipinski definition) is 1. The van der Waals surface area contributed by atoms with Gasteiger partial charge >= 0.3 is 0 Å². The lowest BCUT2D eigenvalue weighted by Crippen LogP contribution is -2.34. The lowest BCUT2D eigenvalue weighted by Gasteiger charge is -2.18. The summed E-state index contributed by atoms with van der Waals surface area (Å²) in [5, 5.41) is 0.952. The molecule has 0 atom stereocenters. The standard InChI is InChI=1S/C18H20Cl2N2O4S/c1-22(12-13-26-17-5-3-2-4-16(17)20)18(23)10-11-21-27(24,25)15-8-6-14(19)7-9-15/h2-9,21H,10-13H2,1H3. The Kier molecular flexibility index (Phi) is 7.91. The Morgan fingerprint density at radius 3 is 2.44 bits per heavy atom. The molecule has 1 amide bonds. The van der Waals surface area contributed by atoms with Crippen molar-refractivity contribution >= 4 is 39.1 Å². The number of hydrogen-bond acceptors (Lipinski definition) is 4. The zero-order valence-electron chi connectivity index (χ0n) is 14.7. The fourth-order valence-electron chi connectivity index (χ4n) is 2.16. The summed E-state index contributed by atoms with van der Waals surface area (Å²) >= 11 is 11.7. The number of nitrogens with one attached hydrogen (secondary N) is 1. The lowest BCUT2D eigenvalue weighted by molar-refractivity contribution is -0.130. The smallest absolute Gasteiger partial charge is 0.240 e. The first-order chi connectivity index (χ1) is 12.8. The van der Waals surface area contributed by atoms with Crippen LogP contribution in [0, 0.1) is 0 Å². The van der Waals surface area contributed by atoms with Crippen molar-refractivity contribution in [3.63, 3.8) is 0 Å². The van der Waals surface area contributed by atoms with Crippen LogP contribution in [0.25, 0.3) is 0 Å².